The van der Waals surface area contributed by atoms with Crippen molar-refractivity contribution in [2.45, 2.75) is 19.8 Å². The van der Waals surface area contributed by atoms with E-state index in [9.17, 15) is 0 Å². The van der Waals surface area contributed by atoms with Crippen LogP contribution in [0, 0.1) is 6.92 Å². The fraction of sp³-hybridized carbons (Fsp3) is 0.273. The Morgan fingerprint density at radius 2 is 2.07 bits per heavy atom. The lowest BCUT2D eigenvalue weighted by Gasteiger charge is -2.00. The Kier molecular flexibility index (Phi) is 4.26. The Bertz CT molecular complexity index is 328. The molecule has 74 valence electrons. The quantitative estimate of drug-likeness (QED) is 0.468. The zero-order valence-electron chi connectivity index (χ0n) is 8.23. The third-order valence-corrected chi connectivity index (χ3v) is 2.28. The first-order valence-electron chi connectivity index (χ1n) is 4.55. The second kappa shape index (κ2) is 5.50. The first-order chi connectivity index (χ1) is 6.72. The fourth-order valence-electron chi connectivity index (χ4n) is 1.15. The molecule has 2 N–H and O–H groups in total. The van der Waals surface area contributed by atoms with E-state index in [0.29, 0.717) is 4.99 Å². The van der Waals surface area contributed by atoms with E-state index < -0.39 is 0 Å². The number of hydrogen-bond acceptors (Lipinski definition) is 1. The molecule has 0 aliphatic rings. The van der Waals surface area contributed by atoms with Gasteiger partial charge in [0.05, 0.1) is 6.34 Å². The highest BCUT2D eigenvalue weighted by atomic mass is 32.1. The second-order valence-corrected chi connectivity index (χ2v) is 3.63. The monoisotopic (exact) mass is 206 g/mol. The van der Waals surface area contributed by atoms with Gasteiger partial charge in [-0.1, -0.05) is 42.0 Å². The van der Waals surface area contributed by atoms with Gasteiger partial charge in [0.1, 0.15) is 4.99 Å². The van der Waals surface area contributed by atoms with Gasteiger partial charge in [-0.05, 0) is 18.9 Å². The number of nitrogens with zero attached hydrogens (tertiary/aromatic N) is 1. The summed E-state index contributed by atoms with van der Waals surface area (Å²) < 4.78 is 0. The molecule has 1 aromatic rings. The van der Waals surface area contributed by atoms with E-state index in [-0.39, 0.29) is 0 Å². The van der Waals surface area contributed by atoms with Crippen LogP contribution in [0.1, 0.15) is 17.5 Å². The molecule has 0 radical (unpaired) electrons. The van der Waals surface area contributed by atoms with Crippen molar-refractivity contribution in [3.8, 4) is 0 Å². The third-order valence-electron chi connectivity index (χ3n) is 1.97. The van der Waals surface area contributed by atoms with Crippen molar-refractivity contribution >= 4 is 23.5 Å². The van der Waals surface area contributed by atoms with E-state index in [0.717, 1.165) is 12.8 Å². The molecule has 0 saturated carbocycles. The summed E-state index contributed by atoms with van der Waals surface area (Å²) in [6.07, 6.45) is 2.96. The molecule has 1 rings (SSSR count). The maximum absolute atomic E-state index is 5.14. The number of rotatable bonds is 3. The van der Waals surface area contributed by atoms with Crippen molar-refractivity contribution in [2.24, 2.45) is 10.7 Å². The minimum atomic E-state index is 0.660. The SMILES string of the molecule is Cc1ccc(CCC(=S)N=CN)cc1. The van der Waals surface area contributed by atoms with Gasteiger partial charge >= 0.3 is 0 Å². The molecule has 14 heavy (non-hydrogen) atoms. The number of aliphatic imine (C=N–C) groups is 1. The lowest BCUT2D eigenvalue weighted by atomic mass is 10.1. The van der Waals surface area contributed by atoms with E-state index >= 15 is 0 Å². The third kappa shape index (κ3) is 3.66. The summed E-state index contributed by atoms with van der Waals surface area (Å²) in [7, 11) is 0. The van der Waals surface area contributed by atoms with Crippen LogP contribution in [-0.4, -0.2) is 11.3 Å². The van der Waals surface area contributed by atoms with Gasteiger partial charge in [-0.2, -0.15) is 0 Å². The highest BCUT2D eigenvalue weighted by Gasteiger charge is 1.95. The molecule has 2 nitrogen and oxygen atoms in total. The van der Waals surface area contributed by atoms with Crippen molar-refractivity contribution in [3.63, 3.8) is 0 Å². The highest BCUT2D eigenvalue weighted by molar-refractivity contribution is 7.80. The maximum Gasteiger partial charge on any atom is 0.105 e. The van der Waals surface area contributed by atoms with Crippen molar-refractivity contribution in [1.82, 2.24) is 0 Å². The number of aryl methyl sites for hydroxylation is 2. The van der Waals surface area contributed by atoms with Crippen LogP contribution in [-0.2, 0) is 6.42 Å². The Morgan fingerprint density at radius 3 is 2.64 bits per heavy atom. The van der Waals surface area contributed by atoms with E-state index in [1.54, 1.807) is 0 Å². The summed E-state index contributed by atoms with van der Waals surface area (Å²) in [5, 5.41) is 0. The average molecular weight is 206 g/mol. The normalized spacial score (nSPS) is 10.6. The summed E-state index contributed by atoms with van der Waals surface area (Å²) in [6.45, 7) is 2.08. The van der Waals surface area contributed by atoms with Gasteiger partial charge < -0.3 is 5.73 Å². The van der Waals surface area contributed by atoms with Gasteiger partial charge in [0.25, 0.3) is 0 Å². The summed E-state index contributed by atoms with van der Waals surface area (Å²) in [5.41, 5.74) is 7.70. The van der Waals surface area contributed by atoms with Gasteiger partial charge in [-0.15, -0.1) is 0 Å². The van der Waals surface area contributed by atoms with Crippen molar-refractivity contribution in [1.29, 1.82) is 0 Å². The van der Waals surface area contributed by atoms with Gasteiger partial charge in [-0.3, -0.25) is 0 Å². The smallest absolute Gasteiger partial charge is 0.105 e. The molecule has 0 bridgehead atoms. The first kappa shape index (κ1) is 10.9. The van der Waals surface area contributed by atoms with Gasteiger partial charge in [-0.25, -0.2) is 4.99 Å². The van der Waals surface area contributed by atoms with Crippen LogP contribution in [0.15, 0.2) is 29.3 Å². The number of nitrogens with two attached hydrogens (primary N) is 1. The predicted octanol–water partition coefficient (Wildman–Crippen LogP) is 2.24. The molecule has 0 heterocycles. The Hall–Kier alpha value is -1.22. The first-order valence-corrected chi connectivity index (χ1v) is 4.96. The zero-order valence-corrected chi connectivity index (χ0v) is 9.05. The lowest BCUT2D eigenvalue weighted by Crippen LogP contribution is -1.98. The van der Waals surface area contributed by atoms with Gasteiger partial charge in [0.2, 0.25) is 0 Å². The average Bonchev–Trinajstić information content (AvgIpc) is 2.17. The highest BCUT2D eigenvalue weighted by Crippen LogP contribution is 2.06. The molecular weight excluding hydrogens is 192 g/mol. The molecular formula is C11H14N2S. The summed E-state index contributed by atoms with van der Waals surface area (Å²) >= 11 is 5.00. The van der Waals surface area contributed by atoms with Crippen LogP contribution >= 0.6 is 12.2 Å². The van der Waals surface area contributed by atoms with E-state index in [1.165, 1.54) is 17.5 Å². The van der Waals surface area contributed by atoms with Crippen LogP contribution < -0.4 is 5.73 Å². The standard InChI is InChI=1S/C11H14N2S/c1-9-2-4-10(5-3-9)6-7-11(14)13-8-12/h2-5,8H,6-7H2,1H3,(H2,12,13,14). The topological polar surface area (TPSA) is 38.4 Å². The van der Waals surface area contributed by atoms with E-state index in [1.807, 2.05) is 0 Å². The van der Waals surface area contributed by atoms with Crippen LogP contribution in [0.25, 0.3) is 0 Å². The van der Waals surface area contributed by atoms with E-state index in [2.05, 4.69) is 36.2 Å². The van der Waals surface area contributed by atoms with Crippen LogP contribution in [0.2, 0.25) is 0 Å². The van der Waals surface area contributed by atoms with Gasteiger partial charge in [0.15, 0.2) is 0 Å². The zero-order chi connectivity index (χ0) is 10.4. The van der Waals surface area contributed by atoms with Crippen LogP contribution in [0.4, 0.5) is 0 Å². The van der Waals surface area contributed by atoms with Crippen LogP contribution in [0.3, 0.4) is 0 Å². The number of benzene rings is 1. The summed E-state index contributed by atoms with van der Waals surface area (Å²) in [6, 6.07) is 8.43. The molecule has 0 amide bonds. The molecule has 0 aromatic heterocycles. The molecule has 0 aliphatic carbocycles. The van der Waals surface area contributed by atoms with Gasteiger partial charge in [0, 0.05) is 6.42 Å². The maximum atomic E-state index is 5.14. The molecule has 0 fully saturated rings. The van der Waals surface area contributed by atoms with Crippen molar-refractivity contribution < 1.29 is 0 Å². The molecule has 0 atom stereocenters. The Balaban J connectivity index is 2.46. The molecule has 0 aliphatic heterocycles. The minimum absolute atomic E-state index is 0.660. The number of thiocarbonyl (C=S) groups is 1. The summed E-state index contributed by atoms with van der Waals surface area (Å²) in [4.78, 5) is 4.50. The number of hydrogen-bond donors (Lipinski definition) is 1. The van der Waals surface area contributed by atoms with Crippen LogP contribution in [0.5, 0.6) is 0 Å². The Labute approximate surface area is 89.9 Å². The van der Waals surface area contributed by atoms with Crippen molar-refractivity contribution in [3.05, 3.63) is 35.4 Å². The van der Waals surface area contributed by atoms with E-state index in [4.69, 9.17) is 18.0 Å². The summed E-state index contributed by atoms with van der Waals surface area (Å²) in [5.74, 6) is 0. The fourth-order valence-corrected chi connectivity index (χ4v) is 1.32. The molecule has 0 unspecified atom stereocenters. The molecule has 3 heteroatoms. The molecule has 1 aromatic carbocycles. The largest absolute Gasteiger partial charge is 0.390 e. The second-order valence-electron chi connectivity index (χ2n) is 3.16. The van der Waals surface area contributed by atoms with Crippen molar-refractivity contribution in [2.75, 3.05) is 0 Å². The predicted molar refractivity (Wildman–Crippen MR) is 64.8 cm³/mol. The lowest BCUT2D eigenvalue weighted by molar-refractivity contribution is 1.04. The molecule has 0 spiro atoms. The minimum Gasteiger partial charge on any atom is -0.390 e. The Morgan fingerprint density at radius 1 is 1.43 bits per heavy atom. The molecule has 0 saturated heterocycles.